The largest absolute Gasteiger partial charge is 0.507 e. The van der Waals surface area contributed by atoms with E-state index in [9.17, 15) is 9.90 Å². The monoisotopic (exact) mass is 467 g/mol. The first-order valence-electron chi connectivity index (χ1n) is 8.25. The molecule has 0 saturated heterocycles. The summed E-state index contributed by atoms with van der Waals surface area (Å²) in [6.45, 7) is 5.84. The minimum atomic E-state index is -0.352. The van der Waals surface area contributed by atoms with Gasteiger partial charge in [0.15, 0.2) is 0 Å². The zero-order valence-corrected chi connectivity index (χ0v) is 17.1. The molecule has 2 aromatic rings. The molecule has 0 radical (unpaired) electrons. The molecule has 0 atom stereocenters. The highest BCUT2D eigenvalue weighted by molar-refractivity contribution is 14.1. The second-order valence-corrected chi connectivity index (χ2v) is 6.63. The summed E-state index contributed by atoms with van der Waals surface area (Å²) in [6.07, 6.45) is 1.42. The zero-order chi connectivity index (χ0) is 19.1. The van der Waals surface area contributed by atoms with Crippen molar-refractivity contribution < 1.29 is 14.6 Å². The third-order valence-electron chi connectivity index (χ3n) is 3.93. The number of halogens is 1. The highest BCUT2D eigenvalue weighted by atomic mass is 127. The zero-order valence-electron chi connectivity index (χ0n) is 15.0. The molecule has 0 unspecified atom stereocenters. The van der Waals surface area contributed by atoms with Crippen molar-refractivity contribution in [2.75, 3.05) is 25.1 Å². The first-order valence-corrected chi connectivity index (χ1v) is 9.32. The van der Waals surface area contributed by atoms with E-state index in [1.165, 1.54) is 6.21 Å². The average Bonchev–Trinajstić information content (AvgIpc) is 2.64. The van der Waals surface area contributed by atoms with Crippen LogP contribution in [0, 0.1) is 3.57 Å². The normalized spacial score (nSPS) is 10.8. The maximum absolute atomic E-state index is 12.2. The third kappa shape index (κ3) is 4.87. The van der Waals surface area contributed by atoms with Crippen LogP contribution in [0.25, 0.3) is 0 Å². The van der Waals surface area contributed by atoms with Gasteiger partial charge < -0.3 is 14.7 Å². The Morgan fingerprint density at radius 3 is 2.62 bits per heavy atom. The molecule has 0 spiro atoms. The van der Waals surface area contributed by atoms with Gasteiger partial charge in [-0.15, -0.1) is 0 Å². The van der Waals surface area contributed by atoms with Gasteiger partial charge in [-0.1, -0.05) is 0 Å². The van der Waals surface area contributed by atoms with Crippen molar-refractivity contribution in [3.8, 4) is 11.5 Å². The predicted molar refractivity (Wildman–Crippen MR) is 112 cm³/mol. The molecule has 0 aliphatic rings. The maximum atomic E-state index is 12.2. The van der Waals surface area contributed by atoms with E-state index >= 15 is 0 Å². The summed E-state index contributed by atoms with van der Waals surface area (Å²) in [6, 6.07) is 10.5. The Hall–Kier alpha value is -2.29. The van der Waals surface area contributed by atoms with Crippen LogP contribution in [0.3, 0.4) is 0 Å². The van der Waals surface area contributed by atoms with Crippen LogP contribution in [-0.4, -0.2) is 37.4 Å². The van der Waals surface area contributed by atoms with E-state index in [1.54, 1.807) is 37.4 Å². The summed E-state index contributed by atoms with van der Waals surface area (Å²) in [5.41, 5.74) is 4.37. The van der Waals surface area contributed by atoms with Crippen molar-refractivity contribution in [1.29, 1.82) is 0 Å². The lowest BCUT2D eigenvalue weighted by Gasteiger charge is -2.21. The van der Waals surface area contributed by atoms with Crippen molar-refractivity contribution >= 4 is 40.4 Å². The minimum Gasteiger partial charge on any atom is -0.507 e. The fraction of sp³-hybridized carbons (Fsp3) is 0.263. The molecule has 138 valence electrons. The molecule has 0 heterocycles. The van der Waals surface area contributed by atoms with Crippen LogP contribution in [0.5, 0.6) is 11.5 Å². The fourth-order valence-electron chi connectivity index (χ4n) is 2.45. The van der Waals surface area contributed by atoms with Crippen LogP contribution in [0.1, 0.15) is 29.8 Å². The van der Waals surface area contributed by atoms with E-state index in [0.29, 0.717) is 16.9 Å². The number of amides is 1. The van der Waals surface area contributed by atoms with E-state index in [4.69, 9.17) is 4.74 Å². The number of carbonyl (C=O) groups excluding carboxylic acids is 1. The van der Waals surface area contributed by atoms with Crippen LogP contribution in [0.15, 0.2) is 41.5 Å². The molecule has 2 rings (SSSR count). The first-order chi connectivity index (χ1) is 12.5. The van der Waals surface area contributed by atoms with E-state index in [2.05, 4.69) is 51.9 Å². The number of hydrogen-bond donors (Lipinski definition) is 2. The molecule has 1 amide bonds. The van der Waals surface area contributed by atoms with Crippen molar-refractivity contribution in [1.82, 2.24) is 5.43 Å². The fourth-order valence-corrected chi connectivity index (χ4v) is 3.01. The first kappa shape index (κ1) is 20.0. The number of ether oxygens (including phenoxy) is 1. The van der Waals surface area contributed by atoms with E-state index in [1.807, 2.05) is 6.07 Å². The lowest BCUT2D eigenvalue weighted by molar-refractivity contribution is 0.0954. The molecule has 7 heteroatoms. The van der Waals surface area contributed by atoms with Gasteiger partial charge in [0.05, 0.1) is 16.9 Å². The molecule has 0 bridgehead atoms. The summed E-state index contributed by atoms with van der Waals surface area (Å²) in [5.74, 6) is 0.394. The quantitative estimate of drug-likeness (QED) is 0.371. The predicted octanol–water partition coefficient (Wildman–Crippen LogP) is 3.62. The molecule has 0 aliphatic carbocycles. The molecule has 6 nitrogen and oxygen atoms in total. The van der Waals surface area contributed by atoms with Gasteiger partial charge in [-0.05, 0) is 66.8 Å². The summed E-state index contributed by atoms with van der Waals surface area (Å²) in [7, 11) is 1.56. The lowest BCUT2D eigenvalue weighted by Crippen LogP contribution is -2.21. The summed E-state index contributed by atoms with van der Waals surface area (Å²) in [5, 5.41) is 14.1. The minimum absolute atomic E-state index is 0.114. The number of hydrogen-bond acceptors (Lipinski definition) is 5. The number of rotatable bonds is 7. The lowest BCUT2D eigenvalue weighted by atomic mass is 10.2. The Labute approximate surface area is 167 Å². The van der Waals surface area contributed by atoms with Gasteiger partial charge in [-0.25, -0.2) is 5.43 Å². The number of methoxy groups -OCH3 is 1. The van der Waals surface area contributed by atoms with Crippen molar-refractivity contribution in [3.05, 3.63) is 51.1 Å². The van der Waals surface area contributed by atoms with Crippen LogP contribution in [0.4, 0.5) is 5.69 Å². The summed E-state index contributed by atoms with van der Waals surface area (Å²) < 4.78 is 6.13. The second-order valence-electron chi connectivity index (χ2n) is 5.46. The number of carbonyl (C=O) groups is 1. The Balaban J connectivity index is 2.07. The van der Waals surface area contributed by atoms with Crippen LogP contribution < -0.4 is 15.1 Å². The molecule has 26 heavy (non-hydrogen) atoms. The van der Waals surface area contributed by atoms with Gasteiger partial charge >= 0.3 is 0 Å². The summed E-state index contributed by atoms with van der Waals surface area (Å²) in [4.78, 5) is 14.3. The molecule has 2 aromatic carbocycles. The van der Waals surface area contributed by atoms with E-state index < -0.39 is 0 Å². The second kappa shape index (κ2) is 9.42. The molecule has 0 fully saturated rings. The molecule has 0 aromatic heterocycles. The van der Waals surface area contributed by atoms with E-state index in [0.717, 1.165) is 22.3 Å². The number of phenolic OH excluding ortho intramolecular Hbond substituents is 1. The number of phenols is 1. The smallest absolute Gasteiger partial charge is 0.271 e. The molecule has 2 N–H and O–H groups in total. The van der Waals surface area contributed by atoms with Crippen LogP contribution in [0.2, 0.25) is 0 Å². The van der Waals surface area contributed by atoms with Crippen molar-refractivity contribution in [3.63, 3.8) is 0 Å². The number of nitrogens with one attached hydrogen (secondary N) is 1. The van der Waals surface area contributed by atoms with Gasteiger partial charge in [-0.3, -0.25) is 4.79 Å². The van der Waals surface area contributed by atoms with E-state index in [-0.39, 0.29) is 11.7 Å². The van der Waals surface area contributed by atoms with Gasteiger partial charge in [0, 0.05) is 36.0 Å². The Bertz CT molecular complexity index is 805. The number of anilines is 1. The molecule has 0 aliphatic heterocycles. The molecular formula is C19H22IN3O3. The van der Waals surface area contributed by atoms with Crippen molar-refractivity contribution in [2.24, 2.45) is 5.10 Å². The van der Waals surface area contributed by atoms with Crippen LogP contribution in [-0.2, 0) is 0 Å². The van der Waals surface area contributed by atoms with Gasteiger partial charge in [0.2, 0.25) is 0 Å². The highest BCUT2D eigenvalue weighted by Crippen LogP contribution is 2.24. The standard InChI is InChI=1S/C19H22IN3O3/c1-4-23(5-2)15-8-6-14(17(24)11-15)12-21-22-19(25)13-7-9-16(20)18(10-13)26-3/h6-12,24H,4-5H2,1-3H3,(H,22,25)/b21-12-. The third-order valence-corrected chi connectivity index (χ3v) is 4.82. The number of nitrogens with zero attached hydrogens (tertiary/aromatic N) is 2. The van der Waals surface area contributed by atoms with Gasteiger partial charge in [-0.2, -0.15) is 5.10 Å². The number of benzene rings is 2. The van der Waals surface area contributed by atoms with Gasteiger partial charge in [0.1, 0.15) is 11.5 Å². The Morgan fingerprint density at radius 1 is 1.27 bits per heavy atom. The summed E-state index contributed by atoms with van der Waals surface area (Å²) >= 11 is 2.14. The topological polar surface area (TPSA) is 74.2 Å². The maximum Gasteiger partial charge on any atom is 0.271 e. The van der Waals surface area contributed by atoms with Gasteiger partial charge in [0.25, 0.3) is 5.91 Å². The average molecular weight is 467 g/mol. The number of hydrazone groups is 1. The SMILES string of the molecule is CCN(CC)c1ccc(/C=N\NC(=O)c2ccc(I)c(OC)c2)c(O)c1. The van der Waals surface area contributed by atoms with Crippen LogP contribution >= 0.6 is 22.6 Å². The highest BCUT2D eigenvalue weighted by Gasteiger charge is 2.09. The van der Waals surface area contributed by atoms with Crippen molar-refractivity contribution in [2.45, 2.75) is 13.8 Å². The molecule has 0 saturated carbocycles. The number of aromatic hydroxyl groups is 1. The molecular weight excluding hydrogens is 445 g/mol. The Kier molecular flexibility index (Phi) is 7.26. The Morgan fingerprint density at radius 2 is 2.00 bits per heavy atom.